The molecule has 1 aromatic carbocycles. The number of halogens is 1. The molecule has 2 aliphatic carbocycles. The molecule has 4 aliphatic rings. The first-order valence-electron chi connectivity index (χ1n) is 17.7. The summed E-state index contributed by atoms with van der Waals surface area (Å²) in [5.41, 5.74) is -0.343. The molecule has 2 saturated carbocycles. The molecule has 0 radical (unpaired) electrons. The Kier molecular flexibility index (Phi) is 9.80. The van der Waals surface area contributed by atoms with Crippen LogP contribution < -0.4 is 20.1 Å². The fraction of sp³-hybridized carbons (Fsp3) is 0.500. The second-order valence-corrected chi connectivity index (χ2v) is 17.4. The van der Waals surface area contributed by atoms with Crippen molar-refractivity contribution in [2.45, 2.75) is 101 Å². The van der Waals surface area contributed by atoms with Crippen molar-refractivity contribution in [2.24, 2.45) is 5.92 Å². The maximum absolute atomic E-state index is 14.5. The van der Waals surface area contributed by atoms with Gasteiger partial charge in [0.15, 0.2) is 0 Å². The van der Waals surface area contributed by atoms with Gasteiger partial charge in [-0.3, -0.25) is 23.9 Å². The minimum atomic E-state index is -3.90. The highest BCUT2D eigenvalue weighted by molar-refractivity contribution is 7.91. The van der Waals surface area contributed by atoms with Gasteiger partial charge in [-0.15, -0.1) is 11.3 Å². The molecule has 5 atom stereocenters. The van der Waals surface area contributed by atoms with E-state index in [4.69, 9.17) is 4.74 Å². The predicted molar refractivity (Wildman–Crippen MR) is 190 cm³/mol. The van der Waals surface area contributed by atoms with Gasteiger partial charge in [-0.25, -0.2) is 22.8 Å². The highest BCUT2D eigenvalue weighted by Crippen LogP contribution is 2.46. The van der Waals surface area contributed by atoms with Crippen LogP contribution >= 0.6 is 11.3 Å². The average molecular weight is 753 g/mol. The lowest BCUT2D eigenvalue weighted by molar-refractivity contribution is -0.141. The summed E-state index contributed by atoms with van der Waals surface area (Å²) in [6, 6.07) is 5.48. The number of aromatic nitrogens is 2. The average Bonchev–Trinajstić information content (AvgIpc) is 3.98. The summed E-state index contributed by atoms with van der Waals surface area (Å²) >= 11 is 1.31. The van der Waals surface area contributed by atoms with E-state index in [1.54, 1.807) is 13.0 Å². The van der Waals surface area contributed by atoms with Crippen LogP contribution in [0.1, 0.15) is 78.0 Å². The molecular formula is C36H41FN6O7S2. The van der Waals surface area contributed by atoms with Crippen molar-refractivity contribution in [3.63, 3.8) is 0 Å². The smallest absolute Gasteiger partial charge is 0.262 e. The molecule has 13 nitrogen and oxygen atoms in total. The molecule has 0 bridgehead atoms. The number of sulfonamides is 1. The summed E-state index contributed by atoms with van der Waals surface area (Å²) in [4.78, 5) is 67.5. The number of nitrogens with zero attached hydrogens (tertiary/aromatic N) is 3. The molecule has 4 amide bonds. The minimum Gasteiger partial charge on any atom is -0.471 e. The fourth-order valence-electron chi connectivity index (χ4n) is 7.00. The van der Waals surface area contributed by atoms with Gasteiger partial charge < -0.3 is 20.3 Å². The molecule has 16 heteroatoms. The van der Waals surface area contributed by atoms with E-state index in [1.165, 1.54) is 34.4 Å². The van der Waals surface area contributed by atoms with Gasteiger partial charge in [0, 0.05) is 23.3 Å². The Morgan fingerprint density at radius 1 is 1.06 bits per heavy atom. The monoisotopic (exact) mass is 752 g/mol. The topological polar surface area (TPSA) is 177 Å². The van der Waals surface area contributed by atoms with Gasteiger partial charge in [-0.05, 0) is 76.6 Å². The Labute approximate surface area is 304 Å². The van der Waals surface area contributed by atoms with E-state index in [9.17, 15) is 32.0 Å². The number of ether oxygens (including phenoxy) is 1. The summed E-state index contributed by atoms with van der Waals surface area (Å²) < 4.78 is 48.1. The van der Waals surface area contributed by atoms with E-state index in [1.807, 2.05) is 25.1 Å². The Balaban J connectivity index is 1.19. The first kappa shape index (κ1) is 35.9. The number of hydrogen-bond donors (Lipinski definition) is 3. The zero-order chi connectivity index (χ0) is 36.8. The van der Waals surface area contributed by atoms with E-state index < -0.39 is 74.4 Å². The van der Waals surface area contributed by atoms with Crippen molar-refractivity contribution < 1.29 is 36.7 Å². The van der Waals surface area contributed by atoms with Gasteiger partial charge in [0.05, 0.1) is 27.7 Å². The van der Waals surface area contributed by atoms with Crippen molar-refractivity contribution >= 4 is 56.0 Å². The van der Waals surface area contributed by atoms with Crippen molar-refractivity contribution in [3.05, 3.63) is 63.7 Å². The van der Waals surface area contributed by atoms with Crippen LogP contribution in [0.2, 0.25) is 0 Å². The largest absolute Gasteiger partial charge is 0.471 e. The van der Waals surface area contributed by atoms with Crippen LogP contribution in [0, 0.1) is 25.6 Å². The number of allylic oxidation sites excluding steroid dienone is 1. The molecule has 52 heavy (non-hydrogen) atoms. The van der Waals surface area contributed by atoms with Crippen LogP contribution in [-0.2, 0) is 24.4 Å². The Morgan fingerprint density at radius 3 is 2.62 bits per heavy atom. The van der Waals surface area contributed by atoms with Crippen LogP contribution in [0.3, 0.4) is 0 Å². The summed E-state index contributed by atoms with van der Waals surface area (Å²) in [5.74, 6) is -3.14. The van der Waals surface area contributed by atoms with E-state index in [2.05, 4.69) is 25.3 Å². The fourth-order valence-corrected chi connectivity index (χ4v) is 9.14. The number of rotatable bonds is 7. The summed E-state index contributed by atoms with van der Waals surface area (Å²) in [6.07, 6.45) is 7.39. The van der Waals surface area contributed by atoms with Crippen LogP contribution in [-0.4, -0.2) is 82.4 Å². The third kappa shape index (κ3) is 7.54. The van der Waals surface area contributed by atoms with Gasteiger partial charge in [0.2, 0.25) is 27.7 Å². The first-order valence-corrected chi connectivity index (χ1v) is 20.0. The third-order valence-corrected chi connectivity index (χ3v) is 13.0. The Hall–Kier alpha value is -4.44. The lowest BCUT2D eigenvalue weighted by Gasteiger charge is -2.29. The lowest BCUT2D eigenvalue weighted by Crippen LogP contribution is -2.58. The van der Waals surface area contributed by atoms with Crippen LogP contribution in [0.15, 0.2) is 42.5 Å². The molecule has 1 saturated heterocycles. The molecule has 2 aromatic heterocycles. The number of carbonyl (C=O) groups is 4. The molecule has 3 N–H and O–H groups in total. The van der Waals surface area contributed by atoms with Crippen molar-refractivity contribution in [2.75, 3.05) is 6.54 Å². The number of thiophene rings is 1. The highest BCUT2D eigenvalue weighted by Gasteiger charge is 2.62. The molecule has 0 spiro atoms. The summed E-state index contributed by atoms with van der Waals surface area (Å²) in [6.45, 7) is 3.52. The van der Waals surface area contributed by atoms with Gasteiger partial charge in [-0.2, -0.15) is 0 Å². The number of hydrogen-bond acceptors (Lipinski definition) is 10. The van der Waals surface area contributed by atoms with Crippen molar-refractivity contribution in [1.29, 1.82) is 0 Å². The molecule has 4 heterocycles. The van der Waals surface area contributed by atoms with Gasteiger partial charge in [0.1, 0.15) is 35.2 Å². The third-order valence-electron chi connectivity index (χ3n) is 10.1. The minimum absolute atomic E-state index is 0.00322. The number of amides is 4. The van der Waals surface area contributed by atoms with E-state index in [-0.39, 0.29) is 30.8 Å². The zero-order valence-corrected chi connectivity index (χ0v) is 30.5. The zero-order valence-electron chi connectivity index (χ0n) is 28.9. The predicted octanol–water partition coefficient (Wildman–Crippen LogP) is 3.60. The van der Waals surface area contributed by atoms with Gasteiger partial charge >= 0.3 is 0 Å². The van der Waals surface area contributed by atoms with E-state index in [0.29, 0.717) is 48.2 Å². The Bertz CT molecular complexity index is 2070. The Morgan fingerprint density at radius 2 is 1.87 bits per heavy atom. The molecular weight excluding hydrogens is 712 g/mol. The highest BCUT2D eigenvalue weighted by atomic mass is 32.2. The van der Waals surface area contributed by atoms with Crippen LogP contribution in [0.4, 0.5) is 4.39 Å². The quantitative estimate of drug-likeness (QED) is 0.305. The van der Waals surface area contributed by atoms with Crippen molar-refractivity contribution in [1.82, 2.24) is 30.2 Å². The number of nitrogens with one attached hydrogen (secondary N) is 3. The maximum Gasteiger partial charge on any atom is 0.262 e. The van der Waals surface area contributed by atoms with Crippen LogP contribution in [0.5, 0.6) is 5.88 Å². The standard InChI is InChI=1S/C36H41FN6O7S2/c1-20-10-15-30(51-20)32(45)39-27-9-7-5-3-4-6-8-22-18-36(22,35(47)42-52(48,49)25-12-13-25)41-31(44)29-17-24(19-43(29)34(27)46)50-33-21(2)38-26-14-11-23(37)16-28(26)40-33/h6,8,10-11,14-16,22,24-25,27,29H,3-5,7,9,12-13,17-19H2,1-2H3,(H,39,45)(H,41,44)(H,42,47)/b8-6-. The molecule has 5 unspecified atom stereocenters. The second-order valence-electron chi connectivity index (χ2n) is 14.2. The molecule has 3 fully saturated rings. The number of fused-ring (bicyclic) bond motifs is 3. The van der Waals surface area contributed by atoms with Crippen molar-refractivity contribution in [3.8, 4) is 5.88 Å². The van der Waals surface area contributed by atoms with E-state index in [0.717, 1.165) is 17.7 Å². The van der Waals surface area contributed by atoms with E-state index >= 15 is 0 Å². The second kappa shape index (κ2) is 14.2. The number of carbonyl (C=O) groups excluding carboxylic acids is 4. The van der Waals surface area contributed by atoms with Gasteiger partial charge in [-0.1, -0.05) is 25.0 Å². The van der Waals surface area contributed by atoms with Crippen LogP contribution in [0.25, 0.3) is 11.0 Å². The molecule has 3 aromatic rings. The molecule has 2 aliphatic heterocycles. The molecule has 276 valence electrons. The molecule has 7 rings (SSSR count). The normalized spacial score (nSPS) is 27.4. The lowest BCUT2D eigenvalue weighted by atomic mass is 10.0. The SMILES string of the molecule is Cc1ccc(C(=O)NC2CCCCC/C=C\C3CC3(C(=O)NS(=O)(=O)C3CC3)NC(=O)C3CC(Oc4nc5cc(F)ccc5nc4C)CN3C2=O)s1. The first-order chi connectivity index (χ1) is 24.8. The van der Waals surface area contributed by atoms with Gasteiger partial charge in [0.25, 0.3) is 11.8 Å². The number of aryl methyl sites for hydroxylation is 2. The maximum atomic E-state index is 14.5. The summed E-state index contributed by atoms with van der Waals surface area (Å²) in [7, 11) is -3.90. The summed E-state index contributed by atoms with van der Waals surface area (Å²) in [5, 5.41) is 5.12. The number of benzene rings is 1.